The Kier molecular flexibility index (Phi) is 9.59. The number of hydrogen-bond acceptors (Lipinski definition) is 3. The molecule has 0 unspecified atom stereocenters. The van der Waals surface area contributed by atoms with Crippen molar-refractivity contribution in [2.75, 3.05) is 6.61 Å². The minimum Gasteiger partial charge on any atom is -0.298 e. The lowest BCUT2D eigenvalue weighted by molar-refractivity contribution is -0.272. The highest BCUT2D eigenvalue weighted by molar-refractivity contribution is 5.68. The molecule has 0 aromatic carbocycles. The summed E-state index contributed by atoms with van der Waals surface area (Å²) in [6, 6.07) is 0. The number of unbranched alkanes of at least 4 members (excludes halogenated alkanes) is 3. The van der Waals surface area contributed by atoms with Crippen LogP contribution in [-0.4, -0.2) is 12.6 Å². The molecule has 3 heteroatoms. The molecule has 90 valence electrons. The number of carbonyl (C=O) groups is 1. The second kappa shape index (κ2) is 9.97. The van der Waals surface area contributed by atoms with Crippen molar-refractivity contribution in [3.05, 3.63) is 0 Å². The van der Waals surface area contributed by atoms with Gasteiger partial charge in [-0.2, -0.15) is 4.89 Å². The molecule has 0 rings (SSSR count). The summed E-state index contributed by atoms with van der Waals surface area (Å²) in [6.45, 7) is 6.76. The van der Waals surface area contributed by atoms with E-state index < -0.39 is 0 Å². The molecule has 0 heterocycles. The van der Waals surface area contributed by atoms with Crippen molar-refractivity contribution in [1.29, 1.82) is 0 Å². The van der Waals surface area contributed by atoms with Gasteiger partial charge in [0.25, 0.3) is 0 Å². The Morgan fingerprint density at radius 2 is 1.80 bits per heavy atom. The molecule has 0 bridgehead atoms. The van der Waals surface area contributed by atoms with Gasteiger partial charge in [0, 0.05) is 6.42 Å². The van der Waals surface area contributed by atoms with Crippen molar-refractivity contribution < 1.29 is 14.6 Å². The van der Waals surface area contributed by atoms with E-state index in [2.05, 4.69) is 18.7 Å². The van der Waals surface area contributed by atoms with Gasteiger partial charge in [0.2, 0.25) is 0 Å². The Morgan fingerprint density at radius 1 is 1.13 bits per heavy atom. The van der Waals surface area contributed by atoms with Crippen LogP contribution in [0.4, 0.5) is 0 Å². The van der Waals surface area contributed by atoms with Crippen LogP contribution in [-0.2, 0) is 14.6 Å². The summed E-state index contributed by atoms with van der Waals surface area (Å²) in [4.78, 5) is 19.9. The van der Waals surface area contributed by atoms with Crippen LogP contribution in [0.1, 0.15) is 59.3 Å². The molecule has 0 aliphatic carbocycles. The zero-order chi connectivity index (χ0) is 11.5. The fraction of sp³-hybridized carbons (Fsp3) is 0.917. The Balaban J connectivity index is 3.02. The number of hydrogen-bond donors (Lipinski definition) is 0. The topological polar surface area (TPSA) is 35.5 Å². The monoisotopic (exact) mass is 216 g/mol. The Hall–Kier alpha value is -0.570. The first kappa shape index (κ1) is 14.4. The van der Waals surface area contributed by atoms with Crippen molar-refractivity contribution in [3.8, 4) is 0 Å². The van der Waals surface area contributed by atoms with Gasteiger partial charge in [0.05, 0.1) is 6.61 Å². The Morgan fingerprint density at radius 3 is 2.40 bits per heavy atom. The van der Waals surface area contributed by atoms with Crippen molar-refractivity contribution in [2.24, 2.45) is 5.92 Å². The zero-order valence-electron chi connectivity index (χ0n) is 10.3. The highest BCUT2D eigenvalue weighted by Gasteiger charge is 1.99. The van der Waals surface area contributed by atoms with Gasteiger partial charge in [-0.1, -0.05) is 46.5 Å². The first-order valence-electron chi connectivity index (χ1n) is 5.99. The minimum atomic E-state index is -0.296. The molecule has 15 heavy (non-hydrogen) atoms. The van der Waals surface area contributed by atoms with Crippen LogP contribution in [0, 0.1) is 5.92 Å². The molecule has 0 saturated heterocycles. The fourth-order valence-corrected chi connectivity index (χ4v) is 1.23. The fourth-order valence-electron chi connectivity index (χ4n) is 1.23. The highest BCUT2D eigenvalue weighted by Crippen LogP contribution is 2.09. The molecule has 0 amide bonds. The predicted octanol–water partition coefficient (Wildman–Crippen LogP) is 3.48. The van der Waals surface area contributed by atoms with Crippen LogP contribution in [0.25, 0.3) is 0 Å². The summed E-state index contributed by atoms with van der Waals surface area (Å²) in [5, 5.41) is 0. The van der Waals surface area contributed by atoms with E-state index in [1.165, 1.54) is 19.3 Å². The van der Waals surface area contributed by atoms with Crippen LogP contribution in [0.2, 0.25) is 0 Å². The van der Waals surface area contributed by atoms with E-state index in [1.807, 2.05) is 0 Å². The maximum atomic E-state index is 10.7. The van der Waals surface area contributed by atoms with E-state index in [4.69, 9.17) is 4.89 Å². The van der Waals surface area contributed by atoms with Crippen molar-refractivity contribution >= 4 is 5.97 Å². The van der Waals surface area contributed by atoms with E-state index in [0.29, 0.717) is 13.0 Å². The maximum Gasteiger partial charge on any atom is 0.342 e. The summed E-state index contributed by atoms with van der Waals surface area (Å²) >= 11 is 0. The lowest BCUT2D eigenvalue weighted by Crippen LogP contribution is -2.04. The molecule has 0 aromatic heterocycles. The molecule has 0 radical (unpaired) electrons. The zero-order valence-corrected chi connectivity index (χ0v) is 10.3. The van der Waals surface area contributed by atoms with Gasteiger partial charge in [-0.15, -0.1) is 0 Å². The van der Waals surface area contributed by atoms with Crippen LogP contribution >= 0.6 is 0 Å². The summed E-state index contributed by atoms with van der Waals surface area (Å²) in [5.74, 6) is 0.501. The van der Waals surface area contributed by atoms with E-state index in [0.717, 1.165) is 18.8 Å². The third-order valence-electron chi connectivity index (χ3n) is 2.20. The Labute approximate surface area is 93.1 Å². The molecule has 0 aromatic rings. The van der Waals surface area contributed by atoms with Crippen molar-refractivity contribution in [1.82, 2.24) is 0 Å². The summed E-state index contributed by atoms with van der Waals surface area (Å²) in [6.07, 6.45) is 6.31. The average Bonchev–Trinajstić information content (AvgIpc) is 2.21. The van der Waals surface area contributed by atoms with Crippen LogP contribution in [0.5, 0.6) is 0 Å². The molecule has 0 aliphatic heterocycles. The lowest BCUT2D eigenvalue weighted by Gasteiger charge is -2.04. The van der Waals surface area contributed by atoms with Crippen LogP contribution in [0.3, 0.4) is 0 Å². The van der Waals surface area contributed by atoms with Gasteiger partial charge in [0.15, 0.2) is 0 Å². The average molecular weight is 216 g/mol. The smallest absolute Gasteiger partial charge is 0.298 e. The van der Waals surface area contributed by atoms with Gasteiger partial charge in [-0.05, 0) is 12.3 Å². The standard InChI is InChI=1S/C12H24O3/c1-4-12(13)15-14-10-8-6-5-7-9-11(2)3/h11H,4-10H2,1-3H3. The lowest BCUT2D eigenvalue weighted by atomic mass is 10.0. The molecule has 0 N–H and O–H groups in total. The van der Waals surface area contributed by atoms with E-state index in [1.54, 1.807) is 6.92 Å². The Bertz CT molecular complexity index is 155. The summed E-state index contributed by atoms with van der Waals surface area (Å²) in [5.41, 5.74) is 0. The highest BCUT2D eigenvalue weighted by atomic mass is 17.2. The molecular formula is C12H24O3. The summed E-state index contributed by atoms with van der Waals surface area (Å²) < 4.78 is 0. The number of carbonyl (C=O) groups excluding carboxylic acids is 1. The van der Waals surface area contributed by atoms with Crippen molar-refractivity contribution in [3.63, 3.8) is 0 Å². The third kappa shape index (κ3) is 11.4. The van der Waals surface area contributed by atoms with Gasteiger partial charge in [-0.25, -0.2) is 4.79 Å². The molecule has 0 spiro atoms. The maximum absolute atomic E-state index is 10.7. The van der Waals surface area contributed by atoms with E-state index in [9.17, 15) is 4.79 Å². The minimum absolute atomic E-state index is 0.296. The van der Waals surface area contributed by atoms with Gasteiger partial charge >= 0.3 is 5.97 Å². The van der Waals surface area contributed by atoms with Gasteiger partial charge < -0.3 is 0 Å². The largest absolute Gasteiger partial charge is 0.342 e. The first-order valence-corrected chi connectivity index (χ1v) is 5.99. The SMILES string of the molecule is CCC(=O)OOCCCCCCC(C)C. The quantitative estimate of drug-likeness (QED) is 0.336. The van der Waals surface area contributed by atoms with Crippen LogP contribution in [0.15, 0.2) is 0 Å². The molecule has 3 nitrogen and oxygen atoms in total. The second-order valence-corrected chi connectivity index (χ2v) is 4.23. The third-order valence-corrected chi connectivity index (χ3v) is 2.20. The van der Waals surface area contributed by atoms with Crippen molar-refractivity contribution in [2.45, 2.75) is 59.3 Å². The molecule has 0 saturated carbocycles. The molecule has 0 fully saturated rings. The molecular weight excluding hydrogens is 192 g/mol. The van der Waals surface area contributed by atoms with E-state index >= 15 is 0 Å². The molecule has 0 atom stereocenters. The second-order valence-electron chi connectivity index (χ2n) is 4.23. The van der Waals surface area contributed by atoms with E-state index in [-0.39, 0.29) is 5.97 Å². The normalized spacial score (nSPS) is 10.7. The molecule has 0 aliphatic rings. The van der Waals surface area contributed by atoms with Crippen LogP contribution < -0.4 is 0 Å². The summed E-state index contributed by atoms with van der Waals surface area (Å²) in [7, 11) is 0. The van der Waals surface area contributed by atoms with Gasteiger partial charge in [0.1, 0.15) is 0 Å². The first-order chi connectivity index (χ1) is 7.16. The predicted molar refractivity (Wildman–Crippen MR) is 60.3 cm³/mol. The van der Waals surface area contributed by atoms with Gasteiger partial charge in [-0.3, -0.25) is 4.89 Å². The number of rotatable bonds is 9.